The fourth-order valence-electron chi connectivity index (χ4n) is 4.80. The third-order valence-electron chi connectivity index (χ3n) is 6.37. The van der Waals surface area contributed by atoms with Crippen molar-refractivity contribution >= 4 is 11.6 Å². The van der Waals surface area contributed by atoms with Crippen molar-refractivity contribution in [1.82, 2.24) is 4.90 Å². The zero-order valence-corrected chi connectivity index (χ0v) is 15.6. The molecule has 0 aromatic heterocycles. The van der Waals surface area contributed by atoms with Crippen LogP contribution >= 0.6 is 0 Å². The summed E-state index contributed by atoms with van der Waals surface area (Å²) in [7, 11) is 0. The molecule has 1 amide bonds. The zero-order valence-electron chi connectivity index (χ0n) is 15.6. The van der Waals surface area contributed by atoms with Gasteiger partial charge >= 0.3 is 0 Å². The predicted molar refractivity (Wildman–Crippen MR) is 106 cm³/mol. The van der Waals surface area contributed by atoms with Gasteiger partial charge in [-0.05, 0) is 74.8 Å². The first kappa shape index (κ1) is 16.8. The number of nitrogens with zero attached hydrogens (tertiary/aromatic N) is 2. The number of rotatable bonds is 5. The van der Waals surface area contributed by atoms with Crippen molar-refractivity contribution in [3.63, 3.8) is 0 Å². The molecule has 1 unspecified atom stereocenters. The highest BCUT2D eigenvalue weighted by atomic mass is 16.7. The third-order valence-corrected chi connectivity index (χ3v) is 6.37. The van der Waals surface area contributed by atoms with Crippen LogP contribution in [0.1, 0.15) is 42.7 Å². The van der Waals surface area contributed by atoms with Gasteiger partial charge in [0.25, 0.3) is 5.91 Å². The molecule has 0 N–H and O–H groups in total. The molecule has 2 aromatic rings. The number of fused-ring (bicyclic) bond motifs is 1. The van der Waals surface area contributed by atoms with E-state index in [1.165, 1.54) is 42.1 Å². The van der Waals surface area contributed by atoms with E-state index in [-0.39, 0.29) is 11.8 Å². The van der Waals surface area contributed by atoms with Crippen LogP contribution in [0.15, 0.2) is 48.5 Å². The molecule has 27 heavy (non-hydrogen) atoms. The molecular formula is C23H26N2O2. The van der Waals surface area contributed by atoms with Gasteiger partial charge in [-0.15, -0.1) is 5.06 Å². The molecule has 3 heterocycles. The lowest BCUT2D eigenvalue weighted by Crippen LogP contribution is -2.41. The van der Waals surface area contributed by atoms with Gasteiger partial charge in [-0.2, -0.15) is 0 Å². The number of benzene rings is 2. The Morgan fingerprint density at radius 1 is 1.04 bits per heavy atom. The molecule has 5 rings (SSSR count). The van der Waals surface area contributed by atoms with Crippen molar-refractivity contribution in [1.29, 1.82) is 0 Å². The van der Waals surface area contributed by atoms with E-state index >= 15 is 0 Å². The summed E-state index contributed by atoms with van der Waals surface area (Å²) in [6, 6.07) is 16.9. The van der Waals surface area contributed by atoms with E-state index in [2.05, 4.69) is 41.3 Å². The van der Waals surface area contributed by atoms with Crippen molar-refractivity contribution in [2.75, 3.05) is 24.7 Å². The van der Waals surface area contributed by atoms with Gasteiger partial charge in [0.05, 0.1) is 5.69 Å². The molecule has 2 aromatic carbocycles. The van der Waals surface area contributed by atoms with Crippen molar-refractivity contribution in [2.45, 2.75) is 38.0 Å². The minimum absolute atomic E-state index is 0.0566. The number of piperidine rings is 1. The number of amides is 1. The number of hydroxylamine groups is 1. The van der Waals surface area contributed by atoms with E-state index in [0.29, 0.717) is 5.92 Å². The largest absolute Gasteiger partial charge is 0.372 e. The Morgan fingerprint density at radius 3 is 2.67 bits per heavy atom. The predicted octanol–water partition coefficient (Wildman–Crippen LogP) is 4.16. The van der Waals surface area contributed by atoms with Gasteiger partial charge in [0, 0.05) is 12.0 Å². The molecule has 0 spiro atoms. The summed E-state index contributed by atoms with van der Waals surface area (Å²) in [5, 5.41) is 1.52. The summed E-state index contributed by atoms with van der Waals surface area (Å²) in [5.41, 5.74) is 3.68. The fraction of sp³-hybridized carbons (Fsp3) is 0.435. The van der Waals surface area contributed by atoms with E-state index in [1.807, 2.05) is 12.1 Å². The van der Waals surface area contributed by atoms with Crippen molar-refractivity contribution in [3.8, 4) is 5.75 Å². The summed E-state index contributed by atoms with van der Waals surface area (Å²) in [6.07, 6.45) is 5.35. The Labute approximate surface area is 160 Å². The number of anilines is 1. The highest BCUT2D eigenvalue weighted by molar-refractivity contribution is 5.98. The first-order chi connectivity index (χ1) is 13.3. The number of carbonyl (C=O) groups is 1. The average Bonchev–Trinajstić information content (AvgIpc) is 3.10. The van der Waals surface area contributed by atoms with Crippen LogP contribution in [0.5, 0.6) is 5.75 Å². The van der Waals surface area contributed by atoms with Crippen molar-refractivity contribution < 1.29 is 9.63 Å². The fourth-order valence-corrected chi connectivity index (χ4v) is 4.80. The Balaban J connectivity index is 1.11. The molecule has 4 heteroatoms. The average molecular weight is 362 g/mol. The van der Waals surface area contributed by atoms with Gasteiger partial charge in [0.2, 0.25) is 0 Å². The monoisotopic (exact) mass is 362 g/mol. The molecular weight excluding hydrogens is 336 g/mol. The van der Waals surface area contributed by atoms with Gasteiger partial charge in [-0.3, -0.25) is 4.79 Å². The molecule has 2 bridgehead atoms. The Morgan fingerprint density at radius 2 is 1.85 bits per heavy atom. The van der Waals surface area contributed by atoms with Crippen molar-refractivity contribution in [2.24, 2.45) is 5.92 Å². The van der Waals surface area contributed by atoms with Crippen molar-refractivity contribution in [3.05, 3.63) is 59.7 Å². The lowest BCUT2D eigenvalue weighted by Gasteiger charge is -2.33. The first-order valence-corrected chi connectivity index (χ1v) is 10.2. The Hall–Kier alpha value is -2.33. The van der Waals surface area contributed by atoms with Crippen LogP contribution in [0.4, 0.5) is 5.69 Å². The summed E-state index contributed by atoms with van der Waals surface area (Å²) in [5.74, 6) is 1.67. The second kappa shape index (κ2) is 7.01. The SMILES string of the molecule is O=C1C(CCCN2CCC(c3ccccc3)CC2)Cc2ccc3cc2N1O3. The molecule has 140 valence electrons. The van der Waals surface area contributed by atoms with Gasteiger partial charge in [0.1, 0.15) is 0 Å². The lowest BCUT2D eigenvalue weighted by atomic mass is 9.88. The maximum atomic E-state index is 12.7. The highest BCUT2D eigenvalue weighted by Crippen LogP contribution is 2.40. The minimum atomic E-state index is 0.0566. The van der Waals surface area contributed by atoms with Gasteiger partial charge in [-0.25, -0.2) is 0 Å². The van der Waals surface area contributed by atoms with Crippen LogP contribution in [-0.2, 0) is 11.2 Å². The van der Waals surface area contributed by atoms with E-state index in [4.69, 9.17) is 4.84 Å². The summed E-state index contributed by atoms with van der Waals surface area (Å²) >= 11 is 0. The van der Waals surface area contributed by atoms with E-state index in [9.17, 15) is 4.79 Å². The zero-order chi connectivity index (χ0) is 18.2. The molecule has 3 aliphatic heterocycles. The van der Waals surface area contributed by atoms with Crippen LogP contribution in [0.2, 0.25) is 0 Å². The molecule has 1 saturated heterocycles. The molecule has 1 fully saturated rings. The van der Waals surface area contributed by atoms with Gasteiger partial charge in [0.15, 0.2) is 5.75 Å². The first-order valence-electron chi connectivity index (χ1n) is 10.2. The number of carbonyl (C=O) groups excluding carboxylic acids is 1. The maximum Gasteiger partial charge on any atom is 0.263 e. The van der Waals surface area contributed by atoms with Crippen LogP contribution in [0.3, 0.4) is 0 Å². The summed E-state index contributed by atoms with van der Waals surface area (Å²) in [6.45, 7) is 3.43. The Bertz CT molecular complexity index is 828. The summed E-state index contributed by atoms with van der Waals surface area (Å²) < 4.78 is 0. The van der Waals surface area contributed by atoms with Gasteiger partial charge < -0.3 is 9.74 Å². The molecule has 3 aliphatic rings. The smallest absolute Gasteiger partial charge is 0.263 e. The van der Waals surface area contributed by atoms with Crippen LogP contribution in [-0.4, -0.2) is 30.4 Å². The van der Waals surface area contributed by atoms with Crippen LogP contribution < -0.4 is 9.90 Å². The Kier molecular flexibility index (Phi) is 4.36. The molecule has 0 saturated carbocycles. The standard InChI is InChI=1S/C23H26N2O2/c26-23-20(15-19-8-9-21-16-22(19)25(23)27-21)7-4-12-24-13-10-18(11-14-24)17-5-2-1-3-6-17/h1-3,5-6,8-9,16,18,20H,4,7,10-15H2. The molecule has 1 atom stereocenters. The highest BCUT2D eigenvalue weighted by Gasteiger charge is 2.37. The normalized spacial score (nSPS) is 22.1. The third kappa shape index (κ3) is 3.23. The van der Waals surface area contributed by atoms with Gasteiger partial charge in [-0.1, -0.05) is 36.4 Å². The minimum Gasteiger partial charge on any atom is -0.372 e. The maximum absolute atomic E-state index is 12.7. The molecule has 0 radical (unpaired) electrons. The lowest BCUT2D eigenvalue weighted by molar-refractivity contribution is -0.127. The quantitative estimate of drug-likeness (QED) is 0.801. The van der Waals surface area contributed by atoms with E-state index in [0.717, 1.165) is 37.2 Å². The van der Waals surface area contributed by atoms with E-state index < -0.39 is 0 Å². The summed E-state index contributed by atoms with van der Waals surface area (Å²) in [4.78, 5) is 20.9. The topological polar surface area (TPSA) is 32.8 Å². The second-order valence-corrected chi connectivity index (χ2v) is 8.08. The second-order valence-electron chi connectivity index (χ2n) is 8.08. The number of likely N-dealkylation sites (tertiary alicyclic amines) is 1. The number of hydrogen-bond acceptors (Lipinski definition) is 3. The number of hydrogen-bond donors (Lipinski definition) is 0. The van der Waals surface area contributed by atoms with E-state index in [1.54, 1.807) is 0 Å². The van der Waals surface area contributed by atoms with Crippen LogP contribution in [0, 0.1) is 5.92 Å². The molecule has 0 aliphatic carbocycles. The van der Waals surface area contributed by atoms with Crippen LogP contribution in [0.25, 0.3) is 0 Å². The molecule has 4 nitrogen and oxygen atoms in total.